The second kappa shape index (κ2) is 3.81. The molecule has 1 N–H and O–H groups in total. The van der Waals surface area contributed by atoms with Crippen molar-refractivity contribution in [1.29, 1.82) is 0 Å². The minimum atomic E-state index is -4.31. The second-order valence-electron chi connectivity index (χ2n) is 3.45. The van der Waals surface area contributed by atoms with Gasteiger partial charge in [0.05, 0.1) is 5.56 Å². The average Bonchev–Trinajstić information content (AvgIpc) is 1.99. The molecule has 5 heteroatoms. The Bertz CT molecular complexity index is 446. The van der Waals surface area contributed by atoms with Crippen LogP contribution in [0.1, 0.15) is 5.56 Å². The van der Waals surface area contributed by atoms with Crippen LogP contribution in [0.2, 0.25) is 0 Å². The first-order valence-corrected chi connectivity index (χ1v) is 6.46. The predicted octanol–water partition coefficient (Wildman–Crippen LogP) is 3.33. The van der Waals surface area contributed by atoms with Crippen molar-refractivity contribution in [2.75, 3.05) is 11.0 Å². The van der Waals surface area contributed by atoms with E-state index >= 15 is 0 Å². The highest BCUT2D eigenvalue weighted by Crippen LogP contribution is 2.31. The van der Waals surface area contributed by atoms with E-state index in [1.165, 1.54) is 6.07 Å². The molecule has 1 aromatic rings. The fourth-order valence-corrected chi connectivity index (χ4v) is 1.74. The molecule has 0 aromatic heterocycles. The van der Waals surface area contributed by atoms with E-state index in [2.05, 4.69) is 16.5 Å². The molecule has 0 saturated heterocycles. The lowest BCUT2D eigenvalue weighted by atomic mass is 10.2. The molecule has 0 spiro atoms. The molecule has 0 heterocycles. The van der Waals surface area contributed by atoms with Crippen molar-refractivity contribution in [2.24, 2.45) is 0 Å². The fourth-order valence-electron chi connectivity index (χ4n) is 1.04. The molecule has 0 unspecified atom stereocenters. The van der Waals surface area contributed by atoms with E-state index in [0.717, 1.165) is 12.1 Å². The summed E-state index contributed by atoms with van der Waals surface area (Å²) in [5.74, 6) is 7.47. The molecule has 0 amide bonds. The molecule has 0 atom stereocenters. The van der Waals surface area contributed by atoms with Gasteiger partial charge in [-0.25, -0.2) is 0 Å². The number of nitrogens with one attached hydrogen (secondary N) is 1. The van der Waals surface area contributed by atoms with E-state index in [0.29, 0.717) is 5.69 Å². The monoisotopic (exact) mass is 235 g/mol. The van der Waals surface area contributed by atoms with Crippen LogP contribution in [0.25, 0.3) is 0 Å². The summed E-state index contributed by atoms with van der Waals surface area (Å²) in [7, 11) is -1.56. The van der Waals surface area contributed by atoms with E-state index in [9.17, 15) is 13.2 Å². The molecular formula is C10H12F3NS. The van der Waals surface area contributed by atoms with Gasteiger partial charge < -0.3 is 4.72 Å². The Kier molecular flexibility index (Phi) is 3.04. The minimum absolute atomic E-state index is 0.396. The number of benzene rings is 1. The summed E-state index contributed by atoms with van der Waals surface area (Å²) < 4.78 is 39.9. The number of halogens is 3. The Morgan fingerprint density at radius 3 is 2.33 bits per heavy atom. The van der Waals surface area contributed by atoms with Crippen LogP contribution in [0.15, 0.2) is 24.3 Å². The Balaban J connectivity index is 3.04. The number of hydrogen-bond acceptors (Lipinski definition) is 1. The minimum Gasteiger partial charge on any atom is -0.342 e. The van der Waals surface area contributed by atoms with Crippen molar-refractivity contribution >= 4 is 26.8 Å². The molecule has 0 aliphatic carbocycles. The van der Waals surface area contributed by atoms with E-state index < -0.39 is 21.1 Å². The first-order chi connectivity index (χ1) is 6.68. The molecule has 0 fully saturated rings. The number of anilines is 1. The number of hydrogen-bond donors (Lipinski definition) is 1. The molecular weight excluding hydrogens is 223 g/mol. The summed E-state index contributed by atoms with van der Waals surface area (Å²) in [4.78, 5) is 0. The smallest absolute Gasteiger partial charge is 0.342 e. The summed E-state index contributed by atoms with van der Waals surface area (Å²) in [6.45, 7) is 0. The summed E-state index contributed by atoms with van der Waals surface area (Å²) in [5, 5.41) is 0. The third-order valence-corrected chi connectivity index (χ3v) is 2.28. The first kappa shape index (κ1) is 12.0. The van der Waals surface area contributed by atoms with Gasteiger partial charge in [-0.3, -0.25) is 0 Å². The van der Waals surface area contributed by atoms with Gasteiger partial charge in [-0.15, -0.1) is 9.39 Å². The van der Waals surface area contributed by atoms with Gasteiger partial charge in [-0.05, 0) is 24.5 Å². The van der Waals surface area contributed by atoms with Crippen LogP contribution < -0.4 is 4.72 Å². The maximum absolute atomic E-state index is 12.3. The summed E-state index contributed by atoms with van der Waals surface area (Å²) >= 11 is 0. The van der Waals surface area contributed by atoms with Crippen LogP contribution in [-0.4, -0.2) is 18.0 Å². The van der Waals surface area contributed by atoms with Gasteiger partial charge in [-0.2, -0.15) is 13.2 Å². The van der Waals surface area contributed by atoms with Gasteiger partial charge in [0.2, 0.25) is 0 Å². The average molecular weight is 235 g/mol. The molecule has 1 aromatic carbocycles. The quantitative estimate of drug-likeness (QED) is 0.775. The zero-order chi connectivity index (χ0) is 11.7. The fraction of sp³-hybridized carbons (Fsp3) is 0.200. The molecule has 0 aliphatic heterocycles. The van der Waals surface area contributed by atoms with Crippen LogP contribution >= 0.6 is 9.39 Å². The molecule has 84 valence electrons. The van der Waals surface area contributed by atoms with Gasteiger partial charge in [0.15, 0.2) is 0 Å². The number of alkyl halides is 3. The van der Waals surface area contributed by atoms with Crippen molar-refractivity contribution in [3.8, 4) is 0 Å². The van der Waals surface area contributed by atoms with Crippen LogP contribution in [0.3, 0.4) is 0 Å². The summed E-state index contributed by atoms with van der Waals surface area (Å²) in [5.41, 5.74) is -0.275. The van der Waals surface area contributed by atoms with Crippen LogP contribution in [0.5, 0.6) is 0 Å². The van der Waals surface area contributed by atoms with Crippen molar-refractivity contribution in [2.45, 2.75) is 6.18 Å². The van der Waals surface area contributed by atoms with E-state index in [-0.39, 0.29) is 0 Å². The highest BCUT2D eigenvalue weighted by molar-refractivity contribution is 8.28. The van der Waals surface area contributed by atoms with Gasteiger partial charge >= 0.3 is 6.18 Å². The van der Waals surface area contributed by atoms with E-state index in [1.807, 2.05) is 0 Å². The Labute approximate surface area is 87.5 Å². The zero-order valence-electron chi connectivity index (χ0n) is 8.27. The lowest BCUT2D eigenvalue weighted by Crippen LogP contribution is -2.05. The molecule has 0 bridgehead atoms. The normalized spacial score (nSPS) is 12.5. The third-order valence-electron chi connectivity index (χ3n) is 1.55. The topological polar surface area (TPSA) is 12.0 Å². The molecule has 15 heavy (non-hydrogen) atoms. The summed E-state index contributed by atoms with van der Waals surface area (Å²) in [6.07, 6.45) is -2.56. The highest BCUT2D eigenvalue weighted by Gasteiger charge is 2.30. The largest absolute Gasteiger partial charge is 0.416 e. The molecule has 1 rings (SSSR count). The Hall–Kier alpha value is -1.10. The Morgan fingerprint density at radius 1 is 1.27 bits per heavy atom. The lowest BCUT2D eigenvalue weighted by Gasteiger charge is -2.14. The maximum atomic E-state index is 12.3. The molecule has 0 radical (unpaired) electrons. The van der Waals surface area contributed by atoms with Crippen molar-refractivity contribution in [3.63, 3.8) is 0 Å². The van der Waals surface area contributed by atoms with Gasteiger partial charge in [0.1, 0.15) is 0 Å². The van der Waals surface area contributed by atoms with Gasteiger partial charge in [0, 0.05) is 5.69 Å². The van der Waals surface area contributed by atoms with Gasteiger partial charge in [-0.1, -0.05) is 17.8 Å². The van der Waals surface area contributed by atoms with Gasteiger partial charge in [0.25, 0.3) is 0 Å². The maximum Gasteiger partial charge on any atom is 0.416 e. The first-order valence-electron chi connectivity index (χ1n) is 4.08. The highest BCUT2D eigenvalue weighted by atomic mass is 32.2. The second-order valence-corrected chi connectivity index (χ2v) is 6.21. The van der Waals surface area contributed by atoms with E-state index in [1.54, 1.807) is 12.3 Å². The number of rotatable bonds is 2. The lowest BCUT2D eigenvalue weighted by molar-refractivity contribution is -0.137. The van der Waals surface area contributed by atoms with Crippen molar-refractivity contribution in [3.05, 3.63) is 29.8 Å². The molecule has 0 saturated carbocycles. The standard InChI is InChI=1S/C10H12F3NS/c1-15(2,3)14-9-6-4-5-8(7-9)10(11,12)13/h4-7,14H,1-2H2,3H3. The van der Waals surface area contributed by atoms with E-state index in [4.69, 9.17) is 0 Å². The third kappa shape index (κ3) is 3.87. The molecule has 0 aliphatic rings. The van der Waals surface area contributed by atoms with Crippen LogP contribution in [-0.2, 0) is 6.18 Å². The zero-order valence-corrected chi connectivity index (χ0v) is 9.08. The predicted molar refractivity (Wildman–Crippen MR) is 62.8 cm³/mol. The van der Waals surface area contributed by atoms with Crippen molar-refractivity contribution < 1.29 is 13.2 Å². The summed E-state index contributed by atoms with van der Waals surface area (Å²) in [6, 6.07) is 5.01. The Morgan fingerprint density at radius 2 is 1.87 bits per heavy atom. The van der Waals surface area contributed by atoms with Crippen molar-refractivity contribution in [1.82, 2.24) is 0 Å². The SMILES string of the molecule is C=S(=C)(C)Nc1cccc(C(F)(F)F)c1. The van der Waals surface area contributed by atoms with Crippen LogP contribution in [0.4, 0.5) is 18.9 Å². The van der Waals surface area contributed by atoms with Crippen LogP contribution in [0, 0.1) is 0 Å². The molecule has 1 nitrogen and oxygen atoms in total.